The molecular weight excluding hydrogens is 326 g/mol. The number of H-pyrrole nitrogens is 1. The third-order valence-electron chi connectivity index (χ3n) is 3.55. The molecule has 12 nitrogen and oxygen atoms in total. The molecule has 4 atom stereocenters. The fraction of sp³-hybridized carbons (Fsp3) is 0.417. The first-order chi connectivity index (χ1) is 11.4. The maximum atomic E-state index is 11.9. The van der Waals surface area contributed by atoms with Gasteiger partial charge in [0.15, 0.2) is 23.5 Å². The number of carboxylic acids is 1. The highest BCUT2D eigenvalue weighted by Gasteiger charge is 2.47. The van der Waals surface area contributed by atoms with Crippen molar-refractivity contribution >= 4 is 23.0 Å². The fourth-order valence-corrected chi connectivity index (χ4v) is 2.42. The van der Waals surface area contributed by atoms with E-state index in [0.29, 0.717) is 0 Å². The molecule has 0 aliphatic carbocycles. The molecule has 0 saturated carbocycles. The summed E-state index contributed by atoms with van der Waals surface area (Å²) in [5.41, 5.74) is -0.398. The number of nitrogens with zero attached hydrogens (tertiary/aromatic N) is 3. The fourth-order valence-electron chi connectivity index (χ4n) is 2.42. The second-order valence-electron chi connectivity index (χ2n) is 5.10. The molecule has 1 fully saturated rings. The van der Waals surface area contributed by atoms with E-state index in [-0.39, 0.29) is 11.2 Å². The molecule has 2 aromatic rings. The first kappa shape index (κ1) is 16.0. The smallest absolute Gasteiger partial charge is 0.322 e. The summed E-state index contributed by atoms with van der Waals surface area (Å²) in [5.74, 6) is -2.15. The van der Waals surface area contributed by atoms with E-state index in [0.717, 1.165) is 6.33 Å². The predicted octanol–water partition coefficient (Wildman–Crippen LogP) is -3.06. The molecular formula is C12H13N5O7. The number of carbonyl (C=O) groups excluding carboxylic acids is 1. The van der Waals surface area contributed by atoms with E-state index in [9.17, 15) is 24.6 Å². The Labute approximate surface area is 132 Å². The molecule has 4 unspecified atom stereocenters. The maximum Gasteiger partial charge on any atom is 0.322 e. The number of aromatic nitrogens is 4. The lowest BCUT2D eigenvalue weighted by Crippen LogP contribution is -2.44. The topological polar surface area (TPSA) is 180 Å². The molecule has 128 valence electrons. The predicted molar refractivity (Wildman–Crippen MR) is 74.7 cm³/mol. The van der Waals surface area contributed by atoms with Crippen LogP contribution in [0.3, 0.4) is 0 Å². The Morgan fingerprint density at radius 1 is 1.33 bits per heavy atom. The van der Waals surface area contributed by atoms with Crippen molar-refractivity contribution in [2.45, 2.75) is 24.5 Å². The van der Waals surface area contributed by atoms with Gasteiger partial charge in [-0.2, -0.15) is 0 Å². The molecule has 1 amide bonds. The van der Waals surface area contributed by atoms with Gasteiger partial charge in [-0.05, 0) is 0 Å². The molecule has 5 N–H and O–H groups in total. The van der Waals surface area contributed by atoms with Crippen molar-refractivity contribution in [2.24, 2.45) is 0 Å². The van der Waals surface area contributed by atoms with Crippen LogP contribution in [0.2, 0.25) is 0 Å². The van der Waals surface area contributed by atoms with Crippen molar-refractivity contribution < 1.29 is 29.6 Å². The van der Waals surface area contributed by atoms with Crippen molar-refractivity contribution in [3.8, 4) is 0 Å². The molecule has 3 heterocycles. The summed E-state index contributed by atoms with van der Waals surface area (Å²) in [6, 6.07) is 0. The SMILES string of the molecule is O=C(O)CNC(=O)C1OC(n2cnc3c(=O)[nH]cnc32)C(O)C1O. The zero-order chi connectivity index (χ0) is 17.4. The van der Waals surface area contributed by atoms with Crippen LogP contribution >= 0.6 is 0 Å². The van der Waals surface area contributed by atoms with Crippen LogP contribution in [0.1, 0.15) is 6.23 Å². The van der Waals surface area contributed by atoms with Crippen molar-refractivity contribution in [1.82, 2.24) is 24.8 Å². The summed E-state index contributed by atoms with van der Waals surface area (Å²) in [5, 5.41) is 30.7. The number of aliphatic hydroxyl groups is 2. The number of aliphatic carboxylic acids is 1. The van der Waals surface area contributed by atoms with Crippen LogP contribution in [-0.4, -0.2) is 71.6 Å². The van der Waals surface area contributed by atoms with Crippen molar-refractivity contribution in [3.05, 3.63) is 23.0 Å². The molecule has 3 rings (SSSR count). The van der Waals surface area contributed by atoms with E-state index >= 15 is 0 Å². The van der Waals surface area contributed by atoms with E-state index in [2.05, 4.69) is 20.3 Å². The van der Waals surface area contributed by atoms with Gasteiger partial charge < -0.3 is 30.4 Å². The van der Waals surface area contributed by atoms with Crippen molar-refractivity contribution in [3.63, 3.8) is 0 Å². The summed E-state index contributed by atoms with van der Waals surface area (Å²) < 4.78 is 6.55. The number of aliphatic hydroxyl groups excluding tert-OH is 2. The molecule has 24 heavy (non-hydrogen) atoms. The van der Waals surface area contributed by atoms with Gasteiger partial charge in [0.2, 0.25) is 0 Å². The zero-order valence-corrected chi connectivity index (χ0v) is 12.0. The molecule has 1 aliphatic rings. The third-order valence-corrected chi connectivity index (χ3v) is 3.55. The lowest BCUT2D eigenvalue weighted by molar-refractivity contribution is -0.143. The number of ether oxygens (including phenoxy) is 1. The average Bonchev–Trinajstić information content (AvgIpc) is 3.09. The highest BCUT2D eigenvalue weighted by atomic mass is 16.6. The minimum Gasteiger partial charge on any atom is -0.480 e. The average molecular weight is 339 g/mol. The molecule has 0 spiro atoms. The van der Waals surface area contributed by atoms with Gasteiger partial charge in [-0.3, -0.25) is 19.0 Å². The second-order valence-corrected chi connectivity index (χ2v) is 5.10. The lowest BCUT2D eigenvalue weighted by atomic mass is 10.1. The van der Waals surface area contributed by atoms with Gasteiger partial charge in [0.25, 0.3) is 11.5 Å². The maximum absolute atomic E-state index is 11.9. The number of aromatic amines is 1. The second kappa shape index (κ2) is 5.99. The largest absolute Gasteiger partial charge is 0.480 e. The number of imidazole rings is 1. The van der Waals surface area contributed by atoms with Crippen LogP contribution in [-0.2, 0) is 14.3 Å². The van der Waals surface area contributed by atoms with Gasteiger partial charge in [0.1, 0.15) is 18.8 Å². The number of amides is 1. The minimum atomic E-state index is -1.59. The molecule has 0 radical (unpaired) electrons. The van der Waals surface area contributed by atoms with E-state index < -0.39 is 48.5 Å². The van der Waals surface area contributed by atoms with Crippen LogP contribution in [0.15, 0.2) is 17.4 Å². The van der Waals surface area contributed by atoms with Gasteiger partial charge in [-0.1, -0.05) is 0 Å². The molecule has 0 bridgehead atoms. The van der Waals surface area contributed by atoms with E-state index in [1.165, 1.54) is 10.9 Å². The van der Waals surface area contributed by atoms with Gasteiger partial charge in [-0.15, -0.1) is 0 Å². The Morgan fingerprint density at radius 3 is 2.79 bits per heavy atom. The van der Waals surface area contributed by atoms with Gasteiger partial charge in [-0.25, -0.2) is 9.97 Å². The monoisotopic (exact) mass is 339 g/mol. The Bertz CT molecular complexity index is 846. The Morgan fingerprint density at radius 2 is 2.08 bits per heavy atom. The molecule has 1 aliphatic heterocycles. The molecule has 12 heteroatoms. The Balaban J connectivity index is 1.87. The molecule has 0 aromatic carbocycles. The van der Waals surface area contributed by atoms with E-state index in [4.69, 9.17) is 9.84 Å². The summed E-state index contributed by atoms with van der Waals surface area (Å²) in [6.45, 7) is -0.656. The number of hydrogen-bond acceptors (Lipinski definition) is 8. The Kier molecular flexibility index (Phi) is 4.01. The van der Waals surface area contributed by atoms with E-state index in [1.807, 2.05) is 0 Å². The van der Waals surface area contributed by atoms with Crippen LogP contribution in [0.4, 0.5) is 0 Å². The minimum absolute atomic E-state index is 0.00145. The molecule has 1 saturated heterocycles. The number of rotatable bonds is 4. The summed E-state index contributed by atoms with van der Waals surface area (Å²) in [7, 11) is 0. The van der Waals surface area contributed by atoms with Crippen LogP contribution < -0.4 is 10.9 Å². The number of carbonyl (C=O) groups is 2. The van der Waals surface area contributed by atoms with Crippen LogP contribution in [0.25, 0.3) is 11.2 Å². The summed E-state index contributed by atoms with van der Waals surface area (Å²) in [4.78, 5) is 44.1. The highest BCUT2D eigenvalue weighted by Crippen LogP contribution is 2.30. The number of nitrogens with one attached hydrogen (secondary N) is 2. The molecule has 2 aromatic heterocycles. The third kappa shape index (κ3) is 2.62. The normalized spacial score (nSPS) is 26.6. The summed E-state index contributed by atoms with van der Waals surface area (Å²) in [6.07, 6.45) is -3.49. The highest BCUT2D eigenvalue weighted by molar-refractivity contribution is 5.85. The summed E-state index contributed by atoms with van der Waals surface area (Å²) >= 11 is 0. The zero-order valence-electron chi connectivity index (χ0n) is 12.0. The standard InChI is InChI=1S/C12H13N5O7/c18-4(19)1-13-11(23)8-6(20)7(21)12(24-8)17-3-16-5-9(17)14-2-15-10(5)22/h2-3,6-8,12,20-21H,1H2,(H,13,23)(H,18,19)(H,14,15,22). The first-order valence-electron chi connectivity index (χ1n) is 6.81. The first-order valence-corrected chi connectivity index (χ1v) is 6.81. The Hall–Kier alpha value is -2.83. The number of hydrogen-bond donors (Lipinski definition) is 5. The van der Waals surface area contributed by atoms with Gasteiger partial charge >= 0.3 is 5.97 Å². The van der Waals surface area contributed by atoms with Crippen LogP contribution in [0.5, 0.6) is 0 Å². The lowest BCUT2D eigenvalue weighted by Gasteiger charge is -2.16. The number of carboxylic acid groups (broad SMARTS) is 1. The van der Waals surface area contributed by atoms with Crippen LogP contribution in [0, 0.1) is 0 Å². The quantitative estimate of drug-likeness (QED) is 0.386. The van der Waals surface area contributed by atoms with Gasteiger partial charge in [0, 0.05) is 0 Å². The van der Waals surface area contributed by atoms with Crippen molar-refractivity contribution in [1.29, 1.82) is 0 Å². The van der Waals surface area contributed by atoms with Crippen molar-refractivity contribution in [2.75, 3.05) is 6.54 Å². The van der Waals surface area contributed by atoms with Gasteiger partial charge in [0.05, 0.1) is 12.7 Å². The number of fused-ring (bicyclic) bond motifs is 1. The van der Waals surface area contributed by atoms with E-state index in [1.54, 1.807) is 0 Å².